The first-order chi connectivity index (χ1) is 9.74. The minimum absolute atomic E-state index is 0.629. The Hall–Kier alpha value is -2.26. The van der Waals surface area contributed by atoms with E-state index in [1.54, 1.807) is 0 Å². The lowest BCUT2D eigenvalue weighted by atomic mass is 10.2. The molecule has 20 heavy (non-hydrogen) atoms. The highest BCUT2D eigenvalue weighted by atomic mass is 32.1. The monoisotopic (exact) mass is 283 g/mol. The largest absolute Gasteiger partial charge is 0.323 e. The van der Waals surface area contributed by atoms with Gasteiger partial charge in [0.15, 0.2) is 5.82 Å². The van der Waals surface area contributed by atoms with Crippen molar-refractivity contribution in [1.29, 1.82) is 5.26 Å². The van der Waals surface area contributed by atoms with Crippen molar-refractivity contribution in [2.45, 2.75) is 26.8 Å². The van der Waals surface area contributed by atoms with Gasteiger partial charge >= 0.3 is 0 Å². The summed E-state index contributed by atoms with van der Waals surface area (Å²) in [6, 6.07) is 7.78. The summed E-state index contributed by atoms with van der Waals surface area (Å²) in [5.74, 6) is 0.893. The van der Waals surface area contributed by atoms with E-state index in [-0.39, 0.29) is 0 Å². The van der Waals surface area contributed by atoms with Crippen molar-refractivity contribution in [1.82, 2.24) is 19.1 Å². The molecule has 0 fully saturated rings. The molecule has 0 aliphatic rings. The summed E-state index contributed by atoms with van der Waals surface area (Å²) in [6.45, 7) is 4.96. The van der Waals surface area contributed by atoms with Crippen LogP contribution in [0.4, 0.5) is 0 Å². The Kier molecular flexibility index (Phi) is 3.20. The number of fused-ring (bicyclic) bond motifs is 1. The molecular weight excluding hydrogens is 270 g/mol. The summed E-state index contributed by atoms with van der Waals surface area (Å²) >= 11 is 1.36. The second-order valence-electron chi connectivity index (χ2n) is 4.59. The minimum atomic E-state index is 0.629. The molecule has 0 atom stereocenters. The molecular formula is C14H13N5S. The Morgan fingerprint density at radius 2 is 2.25 bits per heavy atom. The van der Waals surface area contributed by atoms with Crippen LogP contribution in [0.1, 0.15) is 24.6 Å². The van der Waals surface area contributed by atoms with E-state index in [1.807, 2.05) is 25.1 Å². The smallest absolute Gasteiger partial charge is 0.154 e. The fourth-order valence-electron chi connectivity index (χ4n) is 2.26. The number of rotatable bonds is 3. The van der Waals surface area contributed by atoms with Crippen molar-refractivity contribution in [3.05, 3.63) is 29.5 Å². The molecule has 0 bridgehead atoms. The normalized spacial score (nSPS) is 10.8. The maximum atomic E-state index is 9.00. The van der Waals surface area contributed by atoms with Crippen molar-refractivity contribution in [3.8, 4) is 16.8 Å². The van der Waals surface area contributed by atoms with Crippen molar-refractivity contribution in [3.63, 3.8) is 0 Å². The molecule has 0 N–H and O–H groups in total. The van der Waals surface area contributed by atoms with Gasteiger partial charge in [-0.05, 0) is 43.1 Å². The summed E-state index contributed by atoms with van der Waals surface area (Å²) in [4.78, 5) is 5.68. The van der Waals surface area contributed by atoms with Gasteiger partial charge in [0.25, 0.3) is 0 Å². The Morgan fingerprint density at radius 1 is 1.40 bits per heavy atom. The van der Waals surface area contributed by atoms with Crippen LogP contribution >= 0.6 is 11.5 Å². The average Bonchev–Trinajstić information content (AvgIpc) is 3.02. The van der Waals surface area contributed by atoms with Gasteiger partial charge < -0.3 is 4.57 Å². The summed E-state index contributed by atoms with van der Waals surface area (Å²) in [5.41, 5.74) is 3.42. The van der Waals surface area contributed by atoms with Gasteiger partial charge in [0.05, 0.1) is 28.4 Å². The van der Waals surface area contributed by atoms with Crippen LogP contribution in [0.25, 0.3) is 21.7 Å². The SMILES string of the molecule is CCCn1c(-c2snnc2C)nc2cc(C#N)ccc21. The molecule has 0 amide bonds. The van der Waals surface area contributed by atoms with Gasteiger partial charge in [0.1, 0.15) is 4.88 Å². The van der Waals surface area contributed by atoms with E-state index in [0.29, 0.717) is 5.56 Å². The lowest BCUT2D eigenvalue weighted by Crippen LogP contribution is -1.99. The first kappa shape index (κ1) is 12.8. The number of imidazole rings is 1. The third kappa shape index (κ3) is 1.96. The van der Waals surface area contributed by atoms with Gasteiger partial charge in [-0.15, -0.1) is 5.10 Å². The number of benzene rings is 1. The maximum Gasteiger partial charge on any atom is 0.154 e. The molecule has 2 heterocycles. The topological polar surface area (TPSA) is 67.4 Å². The van der Waals surface area contributed by atoms with E-state index in [9.17, 15) is 0 Å². The Labute approximate surface area is 120 Å². The van der Waals surface area contributed by atoms with Crippen LogP contribution < -0.4 is 0 Å². The van der Waals surface area contributed by atoms with Crippen LogP contribution in [0, 0.1) is 18.3 Å². The highest BCUT2D eigenvalue weighted by molar-refractivity contribution is 7.09. The Morgan fingerprint density at radius 3 is 2.90 bits per heavy atom. The van der Waals surface area contributed by atoms with Crippen LogP contribution in [-0.2, 0) is 6.54 Å². The zero-order valence-corrected chi connectivity index (χ0v) is 12.1. The van der Waals surface area contributed by atoms with Crippen LogP contribution in [0.15, 0.2) is 18.2 Å². The summed E-state index contributed by atoms with van der Waals surface area (Å²) in [7, 11) is 0. The van der Waals surface area contributed by atoms with E-state index >= 15 is 0 Å². The lowest BCUT2D eigenvalue weighted by molar-refractivity contribution is 0.704. The highest BCUT2D eigenvalue weighted by Crippen LogP contribution is 2.29. The fourth-order valence-corrected chi connectivity index (χ4v) is 2.91. The molecule has 0 aliphatic heterocycles. The number of hydrogen-bond donors (Lipinski definition) is 0. The molecule has 3 aromatic rings. The summed E-state index contributed by atoms with van der Waals surface area (Å²) in [5, 5.41) is 13.1. The van der Waals surface area contributed by atoms with Gasteiger partial charge in [-0.25, -0.2) is 4.98 Å². The number of aryl methyl sites for hydroxylation is 2. The molecule has 3 rings (SSSR count). The molecule has 100 valence electrons. The van der Waals surface area contributed by atoms with Gasteiger partial charge in [-0.3, -0.25) is 0 Å². The molecule has 1 aromatic carbocycles. The van der Waals surface area contributed by atoms with Crippen molar-refractivity contribution >= 4 is 22.6 Å². The zero-order valence-electron chi connectivity index (χ0n) is 11.3. The Balaban J connectivity index is 2.28. The van der Waals surface area contributed by atoms with Gasteiger partial charge in [-0.2, -0.15) is 5.26 Å². The van der Waals surface area contributed by atoms with Crippen molar-refractivity contribution in [2.75, 3.05) is 0 Å². The van der Waals surface area contributed by atoms with Crippen LogP contribution in [0.3, 0.4) is 0 Å². The van der Waals surface area contributed by atoms with Crippen molar-refractivity contribution < 1.29 is 0 Å². The molecule has 2 aromatic heterocycles. The molecule has 0 radical (unpaired) electrons. The third-order valence-electron chi connectivity index (χ3n) is 3.18. The summed E-state index contributed by atoms with van der Waals surface area (Å²) in [6.07, 6.45) is 1.02. The number of hydrogen-bond acceptors (Lipinski definition) is 5. The van der Waals surface area contributed by atoms with Crippen LogP contribution in [0.2, 0.25) is 0 Å². The second-order valence-corrected chi connectivity index (χ2v) is 5.34. The first-order valence-corrected chi connectivity index (χ1v) is 7.21. The number of nitriles is 1. The summed E-state index contributed by atoms with van der Waals surface area (Å²) < 4.78 is 6.17. The molecule has 0 aliphatic carbocycles. The quantitative estimate of drug-likeness (QED) is 0.740. The average molecular weight is 283 g/mol. The van der Waals surface area contributed by atoms with Gasteiger partial charge in [0, 0.05) is 6.54 Å². The lowest BCUT2D eigenvalue weighted by Gasteiger charge is -2.06. The van der Waals surface area contributed by atoms with Gasteiger partial charge in [0.2, 0.25) is 0 Å². The van der Waals surface area contributed by atoms with Crippen molar-refractivity contribution in [2.24, 2.45) is 0 Å². The van der Waals surface area contributed by atoms with E-state index in [0.717, 1.165) is 40.4 Å². The maximum absolute atomic E-state index is 9.00. The second kappa shape index (κ2) is 5.02. The third-order valence-corrected chi connectivity index (χ3v) is 4.00. The molecule has 0 saturated heterocycles. The minimum Gasteiger partial charge on any atom is -0.323 e. The fraction of sp³-hybridized carbons (Fsp3) is 0.286. The van der Waals surface area contributed by atoms with Crippen LogP contribution in [0.5, 0.6) is 0 Å². The first-order valence-electron chi connectivity index (χ1n) is 6.44. The van der Waals surface area contributed by atoms with E-state index in [1.165, 1.54) is 11.5 Å². The predicted molar refractivity (Wildman–Crippen MR) is 78.4 cm³/mol. The molecule has 0 saturated carbocycles. The standard InChI is InChI=1S/C14H13N5S/c1-3-6-19-12-5-4-10(8-15)7-11(12)16-14(19)13-9(2)17-18-20-13/h4-5,7H,3,6H2,1-2H3. The van der Waals surface area contributed by atoms with E-state index in [4.69, 9.17) is 5.26 Å². The van der Waals surface area contributed by atoms with E-state index in [2.05, 4.69) is 32.1 Å². The predicted octanol–water partition coefficient (Wildman–Crippen LogP) is 3.14. The number of nitrogens with zero attached hydrogens (tertiary/aromatic N) is 5. The molecule has 0 unspecified atom stereocenters. The number of aromatic nitrogens is 4. The van der Waals surface area contributed by atoms with Crippen LogP contribution in [-0.4, -0.2) is 19.1 Å². The Bertz CT molecular complexity index is 809. The molecule has 6 heteroatoms. The van der Waals surface area contributed by atoms with E-state index < -0.39 is 0 Å². The van der Waals surface area contributed by atoms with Gasteiger partial charge in [-0.1, -0.05) is 11.4 Å². The zero-order chi connectivity index (χ0) is 14.1. The highest BCUT2D eigenvalue weighted by Gasteiger charge is 2.16. The molecule has 5 nitrogen and oxygen atoms in total. The molecule has 0 spiro atoms.